The summed E-state index contributed by atoms with van der Waals surface area (Å²) >= 11 is 0. The predicted molar refractivity (Wildman–Crippen MR) is 63.8 cm³/mol. The molecule has 0 bridgehead atoms. The molecule has 0 saturated heterocycles. The molecule has 0 N–H and O–H groups in total. The molecule has 0 saturated carbocycles. The number of amides is 1. The summed E-state index contributed by atoms with van der Waals surface area (Å²) in [6.07, 6.45) is 7.68. The van der Waals surface area contributed by atoms with Gasteiger partial charge < -0.3 is 4.90 Å². The lowest BCUT2D eigenvalue weighted by atomic mass is 10.2. The van der Waals surface area contributed by atoms with Crippen LogP contribution in [-0.4, -0.2) is 27.6 Å². The maximum Gasteiger partial charge on any atom is 0.222 e. The molecule has 0 aromatic carbocycles. The normalized spacial score (nSPS) is 10.4. The van der Waals surface area contributed by atoms with Crippen molar-refractivity contribution in [3.05, 3.63) is 18.0 Å². The van der Waals surface area contributed by atoms with Gasteiger partial charge >= 0.3 is 0 Å². The quantitative estimate of drug-likeness (QED) is 0.691. The Balaban J connectivity index is 2.34. The Morgan fingerprint density at radius 3 is 2.81 bits per heavy atom. The zero-order chi connectivity index (χ0) is 12.0. The van der Waals surface area contributed by atoms with Crippen LogP contribution >= 0.6 is 0 Å². The van der Waals surface area contributed by atoms with Gasteiger partial charge in [0.2, 0.25) is 5.91 Å². The zero-order valence-corrected chi connectivity index (χ0v) is 10.4. The number of hydrogen-bond acceptors (Lipinski definition) is 2. The smallest absolute Gasteiger partial charge is 0.222 e. The number of nitrogens with zero attached hydrogens (tertiary/aromatic N) is 3. The lowest BCUT2D eigenvalue weighted by Gasteiger charge is -2.15. The molecule has 0 atom stereocenters. The molecule has 90 valence electrons. The van der Waals surface area contributed by atoms with Crippen molar-refractivity contribution < 1.29 is 4.79 Å². The molecule has 0 radical (unpaired) electrons. The van der Waals surface area contributed by atoms with Gasteiger partial charge in [-0.05, 0) is 6.42 Å². The van der Waals surface area contributed by atoms with Crippen molar-refractivity contribution in [2.24, 2.45) is 7.05 Å². The average molecular weight is 223 g/mol. The first-order valence-electron chi connectivity index (χ1n) is 5.85. The minimum Gasteiger partial charge on any atom is -0.341 e. The van der Waals surface area contributed by atoms with Crippen LogP contribution in [0.3, 0.4) is 0 Å². The third kappa shape index (κ3) is 4.04. The summed E-state index contributed by atoms with van der Waals surface area (Å²) in [5.41, 5.74) is 1.08. The van der Waals surface area contributed by atoms with Gasteiger partial charge in [0.1, 0.15) is 0 Å². The summed E-state index contributed by atoms with van der Waals surface area (Å²) in [4.78, 5) is 13.5. The first-order valence-corrected chi connectivity index (χ1v) is 5.85. The number of carbonyl (C=O) groups excluding carboxylic acids is 1. The van der Waals surface area contributed by atoms with Crippen molar-refractivity contribution in [1.82, 2.24) is 14.7 Å². The maximum atomic E-state index is 11.7. The molecular formula is C12H21N3O. The molecule has 0 aliphatic heterocycles. The fraction of sp³-hybridized carbons (Fsp3) is 0.667. The highest BCUT2D eigenvalue weighted by Crippen LogP contribution is 2.06. The van der Waals surface area contributed by atoms with Gasteiger partial charge in [0.15, 0.2) is 0 Å². The molecule has 0 aliphatic rings. The third-order valence-electron chi connectivity index (χ3n) is 2.60. The van der Waals surface area contributed by atoms with E-state index in [9.17, 15) is 4.79 Å². The second-order valence-corrected chi connectivity index (χ2v) is 4.23. The Morgan fingerprint density at radius 2 is 2.25 bits per heavy atom. The van der Waals surface area contributed by atoms with E-state index < -0.39 is 0 Å². The molecule has 1 heterocycles. The Labute approximate surface area is 97.2 Å². The van der Waals surface area contributed by atoms with Gasteiger partial charge in [-0.15, -0.1) is 0 Å². The van der Waals surface area contributed by atoms with Crippen LogP contribution in [0.25, 0.3) is 0 Å². The van der Waals surface area contributed by atoms with E-state index in [1.54, 1.807) is 15.8 Å². The van der Waals surface area contributed by atoms with E-state index in [0.717, 1.165) is 24.8 Å². The van der Waals surface area contributed by atoms with Crippen LogP contribution in [0, 0.1) is 0 Å². The van der Waals surface area contributed by atoms with Gasteiger partial charge in [0, 0.05) is 38.8 Å². The topological polar surface area (TPSA) is 38.1 Å². The van der Waals surface area contributed by atoms with Crippen molar-refractivity contribution in [3.63, 3.8) is 0 Å². The molecule has 1 aromatic rings. The standard InChI is InChI=1S/C12H21N3O/c1-4-5-6-7-12(16)14(2)9-11-8-13-15(3)10-11/h8,10H,4-7,9H2,1-3H3. The summed E-state index contributed by atoms with van der Waals surface area (Å²) in [7, 11) is 3.73. The van der Waals surface area contributed by atoms with Gasteiger partial charge in [-0.1, -0.05) is 19.8 Å². The van der Waals surface area contributed by atoms with Crippen LogP contribution in [-0.2, 0) is 18.4 Å². The Hall–Kier alpha value is -1.32. The fourth-order valence-electron chi connectivity index (χ4n) is 1.63. The van der Waals surface area contributed by atoms with E-state index in [1.807, 2.05) is 20.3 Å². The zero-order valence-electron chi connectivity index (χ0n) is 10.4. The minimum absolute atomic E-state index is 0.220. The number of rotatable bonds is 6. The number of carbonyl (C=O) groups is 1. The van der Waals surface area contributed by atoms with Crippen LogP contribution in [0.2, 0.25) is 0 Å². The molecule has 0 spiro atoms. The van der Waals surface area contributed by atoms with Crippen molar-refractivity contribution in [3.8, 4) is 0 Å². The second kappa shape index (κ2) is 6.30. The van der Waals surface area contributed by atoms with Crippen molar-refractivity contribution in [2.75, 3.05) is 7.05 Å². The summed E-state index contributed by atoms with van der Waals surface area (Å²) in [5, 5.41) is 4.08. The number of unbranched alkanes of at least 4 members (excludes halogenated alkanes) is 2. The molecular weight excluding hydrogens is 202 g/mol. The van der Waals surface area contributed by atoms with Crippen molar-refractivity contribution in [2.45, 2.75) is 39.2 Å². The highest BCUT2D eigenvalue weighted by atomic mass is 16.2. The summed E-state index contributed by atoms with van der Waals surface area (Å²) in [5.74, 6) is 0.220. The highest BCUT2D eigenvalue weighted by molar-refractivity contribution is 5.75. The van der Waals surface area contributed by atoms with Crippen LogP contribution in [0.15, 0.2) is 12.4 Å². The van der Waals surface area contributed by atoms with Gasteiger partial charge in [-0.3, -0.25) is 9.48 Å². The Morgan fingerprint density at radius 1 is 1.50 bits per heavy atom. The molecule has 4 nitrogen and oxygen atoms in total. The largest absolute Gasteiger partial charge is 0.341 e. The van der Waals surface area contributed by atoms with Crippen molar-refractivity contribution in [1.29, 1.82) is 0 Å². The molecule has 1 amide bonds. The Bertz CT molecular complexity index is 333. The summed E-state index contributed by atoms with van der Waals surface area (Å²) in [6, 6.07) is 0. The van der Waals surface area contributed by atoms with E-state index >= 15 is 0 Å². The monoisotopic (exact) mass is 223 g/mol. The van der Waals surface area contributed by atoms with Crippen LogP contribution in [0.5, 0.6) is 0 Å². The molecule has 0 fully saturated rings. The molecule has 0 aliphatic carbocycles. The molecule has 1 aromatic heterocycles. The predicted octanol–water partition coefficient (Wildman–Crippen LogP) is 1.96. The number of aromatic nitrogens is 2. The van der Waals surface area contributed by atoms with Gasteiger partial charge in [0.25, 0.3) is 0 Å². The molecule has 1 rings (SSSR count). The minimum atomic E-state index is 0.220. The van der Waals surface area contributed by atoms with E-state index in [1.165, 1.54) is 0 Å². The van der Waals surface area contributed by atoms with E-state index in [4.69, 9.17) is 0 Å². The SMILES string of the molecule is CCCCCC(=O)N(C)Cc1cnn(C)c1. The van der Waals surface area contributed by atoms with Crippen molar-refractivity contribution >= 4 is 5.91 Å². The molecule has 16 heavy (non-hydrogen) atoms. The second-order valence-electron chi connectivity index (χ2n) is 4.23. The Kier molecular flexibility index (Phi) is 5.02. The number of hydrogen-bond donors (Lipinski definition) is 0. The van der Waals surface area contributed by atoms with Crippen LogP contribution in [0.1, 0.15) is 38.2 Å². The van der Waals surface area contributed by atoms with E-state index in [0.29, 0.717) is 13.0 Å². The molecule has 0 unspecified atom stereocenters. The first-order chi connectivity index (χ1) is 7.63. The average Bonchev–Trinajstić information content (AvgIpc) is 2.64. The lowest BCUT2D eigenvalue weighted by Crippen LogP contribution is -2.25. The molecule has 4 heteroatoms. The van der Waals surface area contributed by atoms with Gasteiger partial charge in [-0.2, -0.15) is 5.10 Å². The van der Waals surface area contributed by atoms with Gasteiger partial charge in [0.05, 0.1) is 6.20 Å². The number of aryl methyl sites for hydroxylation is 1. The van der Waals surface area contributed by atoms with Crippen LogP contribution in [0.4, 0.5) is 0 Å². The fourth-order valence-corrected chi connectivity index (χ4v) is 1.63. The summed E-state index contributed by atoms with van der Waals surface area (Å²) in [6.45, 7) is 2.79. The van der Waals surface area contributed by atoms with E-state index in [-0.39, 0.29) is 5.91 Å². The summed E-state index contributed by atoms with van der Waals surface area (Å²) < 4.78 is 1.75. The third-order valence-corrected chi connectivity index (χ3v) is 2.60. The highest BCUT2D eigenvalue weighted by Gasteiger charge is 2.09. The maximum absolute atomic E-state index is 11.7. The van der Waals surface area contributed by atoms with Gasteiger partial charge in [-0.25, -0.2) is 0 Å². The van der Waals surface area contributed by atoms with Crippen LogP contribution < -0.4 is 0 Å². The van der Waals surface area contributed by atoms with E-state index in [2.05, 4.69) is 12.0 Å². The lowest BCUT2D eigenvalue weighted by molar-refractivity contribution is -0.130. The first kappa shape index (κ1) is 12.7.